The van der Waals surface area contributed by atoms with Gasteiger partial charge in [-0.05, 0) is 57.2 Å². The van der Waals surface area contributed by atoms with Crippen LogP contribution < -0.4 is 0 Å². The molecule has 0 N–H and O–H groups in total. The fourth-order valence-corrected chi connectivity index (χ4v) is 5.48. The van der Waals surface area contributed by atoms with Gasteiger partial charge in [-0.1, -0.05) is 54.1 Å². The molecule has 2 aromatic rings. The molecule has 0 spiro atoms. The summed E-state index contributed by atoms with van der Waals surface area (Å²) >= 11 is 0. The van der Waals surface area contributed by atoms with Crippen molar-refractivity contribution in [1.29, 1.82) is 0 Å². The maximum Gasteiger partial charge on any atom is 0.334 e. The first-order valence-electron chi connectivity index (χ1n) is 10.8. The predicted molar refractivity (Wildman–Crippen MR) is 123 cm³/mol. The fourth-order valence-electron chi connectivity index (χ4n) is 3.41. The van der Waals surface area contributed by atoms with Gasteiger partial charge in [0.2, 0.25) is 6.41 Å². The van der Waals surface area contributed by atoms with Gasteiger partial charge in [0, 0.05) is 6.54 Å². The maximum atomic E-state index is 13.6. The van der Waals surface area contributed by atoms with Crippen molar-refractivity contribution >= 4 is 14.0 Å². The molecule has 6 nitrogen and oxygen atoms in total. The van der Waals surface area contributed by atoms with Crippen molar-refractivity contribution < 1.29 is 23.2 Å². The Kier molecular flexibility index (Phi) is 10.4. The zero-order valence-electron chi connectivity index (χ0n) is 19.0. The lowest BCUT2D eigenvalue weighted by molar-refractivity contribution is -0.177. The first-order valence-corrected chi connectivity index (χ1v) is 12.4. The third-order valence-electron chi connectivity index (χ3n) is 5.07. The Morgan fingerprint density at radius 1 is 1.03 bits per heavy atom. The average Bonchev–Trinajstić information content (AvgIpc) is 2.76. The lowest BCUT2D eigenvalue weighted by Crippen LogP contribution is -2.28. The van der Waals surface area contributed by atoms with Crippen LogP contribution in [0.5, 0.6) is 0 Å². The standard InChI is InChI=1S/C24H34NO5P/c1-5-29-31(27,30-6-2)24(17-23-16-20(3)12-13-21(23)4)14-15-25(19-26)28-18-22-10-8-7-9-11-22/h7-13,16,19,24H,5-6,14-15,17-18H2,1-4H3. The number of hydrogen-bond acceptors (Lipinski definition) is 5. The Morgan fingerprint density at radius 3 is 2.32 bits per heavy atom. The van der Waals surface area contributed by atoms with Crippen LogP contribution in [0.1, 0.15) is 42.5 Å². The first kappa shape index (κ1) is 25.3. The highest BCUT2D eigenvalue weighted by Gasteiger charge is 2.36. The van der Waals surface area contributed by atoms with Gasteiger partial charge in [0.15, 0.2) is 0 Å². The Hall–Kier alpha value is -1.98. The van der Waals surface area contributed by atoms with Gasteiger partial charge in [-0.15, -0.1) is 0 Å². The van der Waals surface area contributed by atoms with E-state index in [1.165, 1.54) is 5.06 Å². The summed E-state index contributed by atoms with van der Waals surface area (Å²) in [6.07, 6.45) is 1.62. The smallest absolute Gasteiger partial charge is 0.309 e. The topological polar surface area (TPSA) is 65.1 Å². The Balaban J connectivity index is 2.15. The van der Waals surface area contributed by atoms with E-state index in [2.05, 4.69) is 18.2 Å². The molecule has 0 saturated carbocycles. The third-order valence-corrected chi connectivity index (χ3v) is 7.64. The minimum atomic E-state index is -3.37. The van der Waals surface area contributed by atoms with Crippen molar-refractivity contribution in [3.8, 4) is 0 Å². The molecule has 2 aromatic carbocycles. The molecule has 0 aliphatic heterocycles. The second-order valence-electron chi connectivity index (χ2n) is 7.46. The SMILES string of the molecule is CCOP(=O)(OCC)C(CCN(C=O)OCc1ccccc1)Cc1cc(C)ccc1C. The number of rotatable bonds is 14. The minimum Gasteiger partial charge on any atom is -0.309 e. The molecule has 170 valence electrons. The first-order chi connectivity index (χ1) is 14.9. The van der Waals surface area contributed by atoms with Crippen LogP contribution in [-0.4, -0.2) is 36.9 Å². The van der Waals surface area contributed by atoms with Crippen LogP contribution in [0.15, 0.2) is 48.5 Å². The highest BCUT2D eigenvalue weighted by Crippen LogP contribution is 2.55. The van der Waals surface area contributed by atoms with E-state index in [-0.39, 0.29) is 13.2 Å². The van der Waals surface area contributed by atoms with Gasteiger partial charge in [0.1, 0.15) is 6.61 Å². The molecule has 1 unspecified atom stereocenters. The molecule has 0 aromatic heterocycles. The number of carbonyl (C=O) groups is 1. The van der Waals surface area contributed by atoms with Crippen molar-refractivity contribution in [1.82, 2.24) is 5.06 Å². The molecule has 1 atom stereocenters. The summed E-state index contributed by atoms with van der Waals surface area (Å²) in [4.78, 5) is 17.2. The molecule has 7 heteroatoms. The number of hydroxylamine groups is 2. The van der Waals surface area contributed by atoms with Gasteiger partial charge in [-0.3, -0.25) is 14.2 Å². The molecular formula is C24H34NO5P. The predicted octanol–water partition coefficient (Wildman–Crippen LogP) is 5.46. The Bertz CT molecular complexity index is 848. The molecule has 0 bridgehead atoms. The Labute approximate surface area is 186 Å². The largest absolute Gasteiger partial charge is 0.334 e. The lowest BCUT2D eigenvalue weighted by Gasteiger charge is -2.28. The molecule has 2 rings (SSSR count). The molecule has 1 amide bonds. The fraction of sp³-hybridized carbons (Fsp3) is 0.458. The number of nitrogens with zero attached hydrogens (tertiary/aromatic N) is 1. The van der Waals surface area contributed by atoms with E-state index in [1.807, 2.05) is 44.2 Å². The summed E-state index contributed by atoms with van der Waals surface area (Å²) in [5, 5.41) is 1.26. The van der Waals surface area contributed by atoms with Crippen LogP contribution in [0.2, 0.25) is 0 Å². The Morgan fingerprint density at radius 2 is 1.71 bits per heavy atom. The molecule has 0 aliphatic carbocycles. The van der Waals surface area contributed by atoms with Crippen LogP contribution in [0, 0.1) is 13.8 Å². The van der Waals surface area contributed by atoms with Crippen molar-refractivity contribution in [2.75, 3.05) is 19.8 Å². The van der Waals surface area contributed by atoms with Crippen molar-refractivity contribution in [3.05, 3.63) is 70.8 Å². The number of aryl methyl sites for hydroxylation is 2. The third kappa shape index (κ3) is 7.89. The van der Waals surface area contributed by atoms with Gasteiger partial charge in [-0.25, -0.2) is 5.06 Å². The average molecular weight is 448 g/mol. The van der Waals surface area contributed by atoms with E-state index in [9.17, 15) is 9.36 Å². The van der Waals surface area contributed by atoms with E-state index in [1.54, 1.807) is 13.8 Å². The number of benzene rings is 2. The van der Waals surface area contributed by atoms with E-state index < -0.39 is 13.3 Å². The van der Waals surface area contributed by atoms with Crippen LogP contribution in [0.25, 0.3) is 0 Å². The number of carbonyl (C=O) groups excluding carboxylic acids is 1. The lowest BCUT2D eigenvalue weighted by atomic mass is 10.0. The summed E-state index contributed by atoms with van der Waals surface area (Å²) in [6.45, 7) is 8.85. The zero-order valence-corrected chi connectivity index (χ0v) is 19.8. The molecule has 31 heavy (non-hydrogen) atoms. The molecule has 0 fully saturated rings. The summed E-state index contributed by atoms with van der Waals surface area (Å²) in [6, 6.07) is 15.9. The summed E-state index contributed by atoms with van der Waals surface area (Å²) in [5.74, 6) is 0. The van der Waals surface area contributed by atoms with E-state index in [0.717, 1.165) is 22.3 Å². The van der Waals surface area contributed by atoms with Gasteiger partial charge < -0.3 is 9.05 Å². The van der Waals surface area contributed by atoms with Gasteiger partial charge in [-0.2, -0.15) is 0 Å². The van der Waals surface area contributed by atoms with Crippen molar-refractivity contribution in [2.24, 2.45) is 0 Å². The summed E-state index contributed by atoms with van der Waals surface area (Å²) < 4.78 is 24.9. The van der Waals surface area contributed by atoms with E-state index in [4.69, 9.17) is 13.9 Å². The van der Waals surface area contributed by atoms with Gasteiger partial charge in [0.05, 0.1) is 18.9 Å². The second kappa shape index (κ2) is 12.8. The summed E-state index contributed by atoms with van der Waals surface area (Å²) in [7, 11) is -3.37. The van der Waals surface area contributed by atoms with Gasteiger partial charge >= 0.3 is 7.60 Å². The monoisotopic (exact) mass is 447 g/mol. The van der Waals surface area contributed by atoms with Crippen molar-refractivity contribution in [3.63, 3.8) is 0 Å². The minimum absolute atomic E-state index is 0.288. The van der Waals surface area contributed by atoms with Crippen molar-refractivity contribution in [2.45, 2.75) is 52.8 Å². The normalized spacial score (nSPS) is 12.5. The van der Waals surface area contributed by atoms with Gasteiger partial charge in [0.25, 0.3) is 0 Å². The molecular weight excluding hydrogens is 413 g/mol. The van der Waals surface area contributed by atoms with E-state index in [0.29, 0.717) is 32.5 Å². The molecule has 0 saturated heterocycles. The van der Waals surface area contributed by atoms with Crippen LogP contribution in [0.4, 0.5) is 0 Å². The van der Waals surface area contributed by atoms with Crippen LogP contribution in [-0.2, 0) is 36.3 Å². The molecule has 0 radical (unpaired) electrons. The quantitative estimate of drug-likeness (QED) is 0.219. The number of hydrogen-bond donors (Lipinski definition) is 0. The molecule has 0 aliphatic rings. The van der Waals surface area contributed by atoms with Crippen LogP contribution >= 0.6 is 7.60 Å². The molecule has 0 heterocycles. The van der Waals surface area contributed by atoms with E-state index >= 15 is 0 Å². The maximum absolute atomic E-state index is 13.6. The highest BCUT2D eigenvalue weighted by molar-refractivity contribution is 7.54. The zero-order chi connectivity index (χ0) is 22.7. The summed E-state index contributed by atoms with van der Waals surface area (Å²) in [5.41, 5.74) is 3.95. The number of amides is 1. The van der Waals surface area contributed by atoms with Crippen LogP contribution in [0.3, 0.4) is 0 Å². The highest BCUT2D eigenvalue weighted by atomic mass is 31.2. The second-order valence-corrected chi connectivity index (χ2v) is 9.78.